The van der Waals surface area contributed by atoms with E-state index < -0.39 is 0 Å². The normalized spacial score (nSPS) is 54.6. The molecule has 22 heavy (non-hydrogen) atoms. The smallest absolute Gasteiger partial charge is 0.139 e. The molecule has 4 rings (SSSR count). The quantitative estimate of drug-likeness (QED) is 0.664. The molecule has 0 saturated heterocycles. The molecule has 0 N–H and O–H groups in total. The van der Waals surface area contributed by atoms with Crippen LogP contribution in [0.4, 0.5) is 0 Å². The molecule has 0 aliphatic heterocycles. The molecule has 2 heteroatoms. The highest BCUT2D eigenvalue weighted by Gasteiger charge is 2.60. The highest BCUT2D eigenvalue weighted by molar-refractivity contribution is 5.87. The maximum atomic E-state index is 12.4. The van der Waals surface area contributed by atoms with Gasteiger partial charge in [-0.05, 0) is 67.6 Å². The van der Waals surface area contributed by atoms with Crippen LogP contribution in [-0.2, 0) is 9.59 Å². The SMILES string of the molecule is C[C@H]1C[C@@]2(C)[C@H](CC[C@@H]3[C@@H]2CC[C@]2(C)C(=O)CC[C@@H]32)CC1=O. The van der Waals surface area contributed by atoms with Crippen molar-refractivity contribution in [3.05, 3.63) is 0 Å². The topological polar surface area (TPSA) is 34.1 Å². The van der Waals surface area contributed by atoms with E-state index in [1.54, 1.807) is 0 Å². The molecule has 4 saturated carbocycles. The van der Waals surface area contributed by atoms with Gasteiger partial charge in [-0.2, -0.15) is 0 Å². The van der Waals surface area contributed by atoms with E-state index in [2.05, 4.69) is 20.8 Å². The lowest BCUT2D eigenvalue weighted by Gasteiger charge is -2.60. The van der Waals surface area contributed by atoms with Crippen LogP contribution < -0.4 is 0 Å². The Bertz CT molecular complexity index is 524. The molecule has 0 aromatic carbocycles. The standard InChI is InChI=1S/C20H30O2/c1-12-11-20(3)13(10-17(12)21)4-5-14-15-6-7-18(22)19(15,2)9-8-16(14)20/h12-16H,4-11H2,1-3H3/t12-,13+,14-,15-,16-,19-,20-/m0/s1. The molecule has 2 nitrogen and oxygen atoms in total. The molecule has 0 heterocycles. The van der Waals surface area contributed by atoms with Gasteiger partial charge in [0.15, 0.2) is 0 Å². The molecule has 7 atom stereocenters. The summed E-state index contributed by atoms with van der Waals surface area (Å²) in [6.07, 6.45) is 8.67. The second-order valence-electron chi connectivity index (χ2n) is 9.35. The third-order valence-corrected chi connectivity index (χ3v) is 8.52. The highest BCUT2D eigenvalue weighted by Crippen LogP contribution is 2.65. The van der Waals surface area contributed by atoms with Gasteiger partial charge in [0.1, 0.15) is 11.6 Å². The molecule has 4 aliphatic carbocycles. The van der Waals surface area contributed by atoms with E-state index in [0.29, 0.717) is 28.8 Å². The first-order valence-electron chi connectivity index (χ1n) is 9.42. The van der Waals surface area contributed by atoms with Crippen molar-refractivity contribution in [2.45, 2.75) is 72.1 Å². The van der Waals surface area contributed by atoms with Gasteiger partial charge in [0.2, 0.25) is 0 Å². The molecule has 4 aliphatic rings. The van der Waals surface area contributed by atoms with Gasteiger partial charge in [0.25, 0.3) is 0 Å². The van der Waals surface area contributed by atoms with Crippen LogP contribution in [-0.4, -0.2) is 11.6 Å². The molecule has 4 fully saturated rings. The largest absolute Gasteiger partial charge is 0.299 e. The molecule has 0 aromatic heterocycles. The number of rotatable bonds is 0. The van der Waals surface area contributed by atoms with E-state index in [1.807, 2.05) is 0 Å². The summed E-state index contributed by atoms with van der Waals surface area (Å²) < 4.78 is 0. The zero-order valence-electron chi connectivity index (χ0n) is 14.4. The van der Waals surface area contributed by atoms with Gasteiger partial charge < -0.3 is 0 Å². The van der Waals surface area contributed by atoms with Gasteiger partial charge in [-0.15, -0.1) is 0 Å². The van der Waals surface area contributed by atoms with Crippen molar-refractivity contribution >= 4 is 11.6 Å². The fraction of sp³-hybridized carbons (Fsp3) is 0.900. The first-order valence-corrected chi connectivity index (χ1v) is 9.42. The molecule has 0 radical (unpaired) electrons. The summed E-state index contributed by atoms with van der Waals surface area (Å²) in [5.41, 5.74) is 0.337. The summed E-state index contributed by atoms with van der Waals surface area (Å²) in [6, 6.07) is 0. The van der Waals surface area contributed by atoms with Crippen LogP contribution in [0.15, 0.2) is 0 Å². The first-order chi connectivity index (χ1) is 10.4. The van der Waals surface area contributed by atoms with Gasteiger partial charge in [0, 0.05) is 24.2 Å². The van der Waals surface area contributed by atoms with Crippen LogP contribution in [0.25, 0.3) is 0 Å². The second kappa shape index (κ2) is 4.68. The van der Waals surface area contributed by atoms with Crippen molar-refractivity contribution < 1.29 is 9.59 Å². The number of hydrogen-bond donors (Lipinski definition) is 0. The molecule has 0 aromatic rings. The van der Waals surface area contributed by atoms with Gasteiger partial charge >= 0.3 is 0 Å². The summed E-state index contributed by atoms with van der Waals surface area (Å²) in [7, 11) is 0. The van der Waals surface area contributed by atoms with E-state index in [1.165, 1.54) is 19.3 Å². The van der Waals surface area contributed by atoms with Crippen molar-refractivity contribution in [1.82, 2.24) is 0 Å². The third-order valence-electron chi connectivity index (χ3n) is 8.52. The highest BCUT2D eigenvalue weighted by atomic mass is 16.1. The summed E-state index contributed by atoms with van der Waals surface area (Å²) in [5.74, 6) is 4.02. The Kier molecular flexibility index (Phi) is 3.17. The number of carbonyl (C=O) groups is 2. The monoisotopic (exact) mass is 302 g/mol. The fourth-order valence-electron chi connectivity index (χ4n) is 7.18. The van der Waals surface area contributed by atoms with Gasteiger partial charge in [-0.25, -0.2) is 0 Å². The zero-order valence-corrected chi connectivity index (χ0v) is 14.4. The Balaban J connectivity index is 1.66. The summed E-state index contributed by atoms with van der Waals surface area (Å²) in [5, 5.41) is 0. The van der Waals surface area contributed by atoms with E-state index in [4.69, 9.17) is 0 Å². The van der Waals surface area contributed by atoms with Gasteiger partial charge in [-0.3, -0.25) is 9.59 Å². The van der Waals surface area contributed by atoms with Crippen molar-refractivity contribution in [1.29, 1.82) is 0 Å². The Morgan fingerprint density at radius 2 is 1.77 bits per heavy atom. The molecule has 122 valence electrons. The summed E-state index contributed by atoms with van der Waals surface area (Å²) in [6.45, 7) is 6.88. The van der Waals surface area contributed by atoms with Crippen LogP contribution >= 0.6 is 0 Å². The van der Waals surface area contributed by atoms with Gasteiger partial charge in [-0.1, -0.05) is 20.8 Å². The van der Waals surface area contributed by atoms with Crippen LogP contribution in [0.3, 0.4) is 0 Å². The van der Waals surface area contributed by atoms with Crippen LogP contribution in [0.5, 0.6) is 0 Å². The molecular formula is C20H30O2. The minimum atomic E-state index is -0.0134. The lowest BCUT2D eigenvalue weighted by atomic mass is 9.44. The predicted octanol–water partition coefficient (Wildman–Crippen LogP) is 4.41. The minimum absolute atomic E-state index is 0.0134. The molecule has 0 amide bonds. The number of hydrogen-bond acceptors (Lipinski definition) is 2. The van der Waals surface area contributed by atoms with E-state index >= 15 is 0 Å². The predicted molar refractivity (Wildman–Crippen MR) is 86.3 cm³/mol. The van der Waals surface area contributed by atoms with Crippen molar-refractivity contribution in [2.75, 3.05) is 0 Å². The molecule has 0 bridgehead atoms. The average Bonchev–Trinajstić information content (AvgIpc) is 2.77. The fourth-order valence-corrected chi connectivity index (χ4v) is 7.18. The van der Waals surface area contributed by atoms with Crippen molar-refractivity contribution in [3.8, 4) is 0 Å². The van der Waals surface area contributed by atoms with Crippen molar-refractivity contribution in [3.63, 3.8) is 0 Å². The number of Topliss-reactive ketones (excluding diaryl/α,β-unsaturated/α-hetero) is 2. The zero-order chi connectivity index (χ0) is 15.7. The Labute approximate surface area is 134 Å². The molecule has 0 unspecified atom stereocenters. The molecule has 0 spiro atoms. The lowest BCUT2D eigenvalue weighted by molar-refractivity contribution is -0.149. The number of carbonyl (C=O) groups excluding carboxylic acids is 2. The summed E-state index contributed by atoms with van der Waals surface area (Å²) in [4.78, 5) is 24.6. The number of fused-ring (bicyclic) bond motifs is 5. The summed E-state index contributed by atoms with van der Waals surface area (Å²) >= 11 is 0. The number of ketones is 2. The van der Waals surface area contributed by atoms with Gasteiger partial charge in [0.05, 0.1) is 0 Å². The maximum Gasteiger partial charge on any atom is 0.139 e. The average molecular weight is 302 g/mol. The molecular weight excluding hydrogens is 272 g/mol. The van der Waals surface area contributed by atoms with E-state index in [-0.39, 0.29) is 11.3 Å². The van der Waals surface area contributed by atoms with Crippen LogP contribution in [0.1, 0.15) is 72.1 Å². The Morgan fingerprint density at radius 1 is 1.00 bits per heavy atom. The second-order valence-corrected chi connectivity index (χ2v) is 9.35. The Hall–Kier alpha value is -0.660. The minimum Gasteiger partial charge on any atom is -0.299 e. The van der Waals surface area contributed by atoms with Crippen molar-refractivity contribution in [2.24, 2.45) is 40.4 Å². The Morgan fingerprint density at radius 3 is 2.55 bits per heavy atom. The third kappa shape index (κ3) is 1.79. The van der Waals surface area contributed by atoms with E-state index in [9.17, 15) is 9.59 Å². The lowest BCUT2D eigenvalue weighted by Crippen LogP contribution is -2.54. The maximum absolute atomic E-state index is 12.4. The van der Waals surface area contributed by atoms with E-state index in [0.717, 1.165) is 43.9 Å². The first kappa shape index (κ1) is 14.9. The van der Waals surface area contributed by atoms with Crippen LogP contribution in [0.2, 0.25) is 0 Å². The van der Waals surface area contributed by atoms with Crippen LogP contribution in [0, 0.1) is 40.4 Å².